The van der Waals surface area contributed by atoms with Gasteiger partial charge < -0.3 is 5.73 Å². The molecule has 0 amide bonds. The smallest absolute Gasteiger partial charge is 0.206 e. The van der Waals surface area contributed by atoms with Crippen molar-refractivity contribution < 1.29 is 4.79 Å². The van der Waals surface area contributed by atoms with Crippen LogP contribution in [0, 0.1) is 0 Å². The number of nitrogens with two attached hydrogens (primary N) is 1. The minimum absolute atomic E-state index is 0.0208. The van der Waals surface area contributed by atoms with Crippen LogP contribution in [0.25, 0.3) is 0 Å². The predicted octanol–water partition coefficient (Wildman–Crippen LogP) is 2.83. The molecule has 2 aromatic rings. The van der Waals surface area contributed by atoms with E-state index in [1.54, 1.807) is 5.51 Å². The molecule has 3 rings (SSSR count). The van der Waals surface area contributed by atoms with E-state index in [0.29, 0.717) is 22.2 Å². The topological polar surface area (TPSA) is 56.0 Å². The van der Waals surface area contributed by atoms with Crippen LogP contribution in [0.1, 0.15) is 39.6 Å². The van der Waals surface area contributed by atoms with Gasteiger partial charge in [-0.25, -0.2) is 4.98 Å². The lowest BCUT2D eigenvalue weighted by atomic mass is 10.0. The molecule has 1 heterocycles. The zero-order valence-electron chi connectivity index (χ0n) is 9.22. The van der Waals surface area contributed by atoms with Crippen molar-refractivity contribution in [3.8, 4) is 0 Å². The normalized spacial score (nSPS) is 14.8. The number of hydrogen-bond acceptors (Lipinski definition) is 4. The number of aromatic nitrogens is 1. The summed E-state index contributed by atoms with van der Waals surface area (Å²) in [6, 6.07) is 7.86. The summed E-state index contributed by atoms with van der Waals surface area (Å²) in [5, 5.41) is 0. The van der Waals surface area contributed by atoms with Crippen LogP contribution in [-0.4, -0.2) is 10.8 Å². The Morgan fingerprint density at radius 3 is 2.88 bits per heavy atom. The van der Waals surface area contributed by atoms with Crippen LogP contribution >= 0.6 is 11.3 Å². The molecule has 4 heteroatoms. The minimum atomic E-state index is -0.0208. The molecule has 1 fully saturated rings. The molecule has 1 aliphatic rings. The average molecular weight is 244 g/mol. The Balaban J connectivity index is 1.96. The van der Waals surface area contributed by atoms with Crippen LogP contribution in [0.5, 0.6) is 0 Å². The highest BCUT2D eigenvalue weighted by Gasteiger charge is 2.24. The van der Waals surface area contributed by atoms with Gasteiger partial charge in [0.05, 0.1) is 5.51 Å². The van der Waals surface area contributed by atoms with E-state index in [1.165, 1.54) is 29.7 Å². The number of nitrogens with zero attached hydrogens (tertiary/aromatic N) is 1. The third-order valence-corrected chi connectivity index (χ3v) is 3.84. The molecule has 1 aromatic carbocycles. The highest BCUT2D eigenvalue weighted by atomic mass is 32.1. The molecule has 1 saturated carbocycles. The number of carbonyl (C=O) groups is 1. The maximum atomic E-state index is 12.2. The summed E-state index contributed by atoms with van der Waals surface area (Å²) < 4.78 is 0. The van der Waals surface area contributed by atoms with Crippen molar-refractivity contribution in [3.05, 3.63) is 45.8 Å². The van der Waals surface area contributed by atoms with Gasteiger partial charge in [0.1, 0.15) is 10.7 Å². The monoisotopic (exact) mass is 244 g/mol. The molecule has 0 bridgehead atoms. The number of carbonyl (C=O) groups excluding carboxylic acids is 1. The Morgan fingerprint density at radius 2 is 2.24 bits per heavy atom. The molecule has 0 spiro atoms. The summed E-state index contributed by atoms with van der Waals surface area (Å²) >= 11 is 1.30. The summed E-state index contributed by atoms with van der Waals surface area (Å²) in [4.78, 5) is 16.7. The molecule has 86 valence electrons. The minimum Gasteiger partial charge on any atom is -0.382 e. The lowest BCUT2D eigenvalue weighted by molar-refractivity contribution is 0.104. The van der Waals surface area contributed by atoms with E-state index in [-0.39, 0.29) is 5.78 Å². The van der Waals surface area contributed by atoms with Crippen LogP contribution in [0.3, 0.4) is 0 Å². The summed E-state index contributed by atoms with van der Waals surface area (Å²) in [6.45, 7) is 0. The molecule has 0 saturated heterocycles. The second-order valence-electron chi connectivity index (χ2n) is 4.30. The first-order chi connectivity index (χ1) is 8.25. The fourth-order valence-electron chi connectivity index (χ4n) is 1.91. The predicted molar refractivity (Wildman–Crippen MR) is 68.4 cm³/mol. The molecular formula is C13H12N2OS. The van der Waals surface area contributed by atoms with E-state index < -0.39 is 0 Å². The van der Waals surface area contributed by atoms with E-state index in [2.05, 4.69) is 11.1 Å². The maximum Gasteiger partial charge on any atom is 0.206 e. The molecule has 17 heavy (non-hydrogen) atoms. The van der Waals surface area contributed by atoms with Gasteiger partial charge in [0.2, 0.25) is 5.78 Å². The second kappa shape index (κ2) is 3.96. The lowest BCUT2D eigenvalue weighted by Crippen LogP contribution is -2.03. The summed E-state index contributed by atoms with van der Waals surface area (Å²) in [5.41, 5.74) is 9.25. The second-order valence-corrected chi connectivity index (χ2v) is 5.15. The van der Waals surface area contributed by atoms with Gasteiger partial charge in [0.25, 0.3) is 0 Å². The molecular weight excluding hydrogens is 232 g/mol. The highest BCUT2D eigenvalue weighted by Crippen LogP contribution is 2.40. The van der Waals surface area contributed by atoms with Crippen molar-refractivity contribution in [3.63, 3.8) is 0 Å². The first-order valence-corrected chi connectivity index (χ1v) is 6.47. The summed E-state index contributed by atoms with van der Waals surface area (Å²) in [5.74, 6) is 0.964. The molecule has 1 aliphatic carbocycles. The lowest BCUT2D eigenvalue weighted by Gasteiger charge is -2.02. The van der Waals surface area contributed by atoms with E-state index in [9.17, 15) is 4.79 Å². The number of hydrogen-bond donors (Lipinski definition) is 1. The van der Waals surface area contributed by atoms with Crippen molar-refractivity contribution in [2.75, 3.05) is 5.73 Å². The van der Waals surface area contributed by atoms with Crippen LogP contribution in [0.2, 0.25) is 0 Å². The average Bonchev–Trinajstić information content (AvgIpc) is 3.12. The Hall–Kier alpha value is -1.68. The number of benzene rings is 1. The van der Waals surface area contributed by atoms with Crippen molar-refractivity contribution in [1.29, 1.82) is 0 Å². The zero-order chi connectivity index (χ0) is 11.8. The van der Waals surface area contributed by atoms with Crippen LogP contribution in [0.4, 0.5) is 5.82 Å². The molecule has 0 unspecified atom stereocenters. The Bertz CT molecular complexity index is 572. The number of anilines is 1. The third-order valence-electron chi connectivity index (χ3n) is 3.00. The summed E-state index contributed by atoms with van der Waals surface area (Å²) in [6.07, 6.45) is 2.47. The van der Waals surface area contributed by atoms with Crippen LogP contribution in [-0.2, 0) is 0 Å². The molecule has 3 nitrogen and oxygen atoms in total. The number of ketones is 1. The van der Waals surface area contributed by atoms with Gasteiger partial charge in [0, 0.05) is 5.56 Å². The Morgan fingerprint density at radius 1 is 1.41 bits per heavy atom. The van der Waals surface area contributed by atoms with Crippen molar-refractivity contribution in [2.45, 2.75) is 18.8 Å². The van der Waals surface area contributed by atoms with Gasteiger partial charge in [-0.2, -0.15) is 0 Å². The quantitative estimate of drug-likeness (QED) is 0.845. The van der Waals surface area contributed by atoms with Gasteiger partial charge in [-0.1, -0.05) is 18.2 Å². The Labute approximate surface area is 103 Å². The molecule has 0 radical (unpaired) electrons. The van der Waals surface area contributed by atoms with E-state index in [1.807, 2.05) is 18.2 Å². The van der Waals surface area contributed by atoms with Gasteiger partial charge in [0.15, 0.2) is 0 Å². The molecule has 1 aromatic heterocycles. The Kier molecular flexibility index (Phi) is 2.44. The van der Waals surface area contributed by atoms with Crippen molar-refractivity contribution in [2.24, 2.45) is 0 Å². The summed E-state index contributed by atoms with van der Waals surface area (Å²) in [7, 11) is 0. The van der Waals surface area contributed by atoms with E-state index in [0.717, 1.165) is 0 Å². The maximum absolute atomic E-state index is 12.2. The molecule has 0 atom stereocenters. The molecule has 2 N–H and O–H groups in total. The fraction of sp³-hybridized carbons (Fsp3) is 0.231. The van der Waals surface area contributed by atoms with Crippen molar-refractivity contribution >= 4 is 22.9 Å². The zero-order valence-corrected chi connectivity index (χ0v) is 10.0. The first-order valence-electron chi connectivity index (χ1n) is 5.59. The fourth-order valence-corrected chi connectivity index (χ4v) is 2.58. The number of nitrogen functional groups attached to an aromatic ring is 1. The van der Waals surface area contributed by atoms with Gasteiger partial charge in [-0.3, -0.25) is 4.79 Å². The van der Waals surface area contributed by atoms with Crippen molar-refractivity contribution in [1.82, 2.24) is 4.98 Å². The highest BCUT2D eigenvalue weighted by molar-refractivity contribution is 7.12. The van der Waals surface area contributed by atoms with E-state index in [4.69, 9.17) is 5.73 Å². The largest absolute Gasteiger partial charge is 0.382 e. The SMILES string of the molecule is Nc1ncsc1C(=O)c1cccc(C2CC2)c1. The molecule has 0 aliphatic heterocycles. The number of rotatable bonds is 3. The third kappa shape index (κ3) is 1.96. The van der Waals surface area contributed by atoms with Crippen LogP contribution in [0.15, 0.2) is 29.8 Å². The van der Waals surface area contributed by atoms with Gasteiger partial charge >= 0.3 is 0 Å². The number of thiazole rings is 1. The standard InChI is InChI=1S/C13H12N2OS/c14-13-12(17-7-15-13)11(16)10-3-1-2-9(6-10)8-4-5-8/h1-3,6-8H,4-5,14H2. The van der Waals surface area contributed by atoms with Gasteiger partial charge in [-0.05, 0) is 30.4 Å². The van der Waals surface area contributed by atoms with Gasteiger partial charge in [-0.15, -0.1) is 11.3 Å². The van der Waals surface area contributed by atoms with E-state index >= 15 is 0 Å². The van der Waals surface area contributed by atoms with Crippen LogP contribution < -0.4 is 5.73 Å². The first kappa shape index (κ1) is 10.5.